The summed E-state index contributed by atoms with van der Waals surface area (Å²) >= 11 is 0. The number of halogens is 2. The first-order valence-electron chi connectivity index (χ1n) is 6.57. The Morgan fingerprint density at radius 3 is 2.65 bits per heavy atom. The van der Waals surface area contributed by atoms with Gasteiger partial charge >= 0.3 is 0 Å². The van der Waals surface area contributed by atoms with Crippen molar-refractivity contribution in [1.29, 1.82) is 0 Å². The minimum Gasteiger partial charge on any atom is -0.338 e. The number of carbonyl (C=O) groups is 1. The Hall–Kier alpha value is -1.98. The summed E-state index contributed by atoms with van der Waals surface area (Å²) in [7, 11) is 0. The number of amides is 1. The van der Waals surface area contributed by atoms with Gasteiger partial charge < -0.3 is 9.30 Å². The van der Waals surface area contributed by atoms with E-state index in [1.807, 2.05) is 13.1 Å². The van der Waals surface area contributed by atoms with Gasteiger partial charge in [-0.3, -0.25) is 4.79 Å². The van der Waals surface area contributed by atoms with Gasteiger partial charge in [0.2, 0.25) is 0 Å². The molecule has 3 rings (SSSR count). The van der Waals surface area contributed by atoms with Gasteiger partial charge in [-0.15, -0.1) is 0 Å². The first kappa shape index (κ1) is 13.0. The Kier molecular flexibility index (Phi) is 2.96. The third-order valence-electron chi connectivity index (χ3n) is 3.60. The fraction of sp³-hybridized carbons (Fsp3) is 0.429. The summed E-state index contributed by atoms with van der Waals surface area (Å²) in [4.78, 5) is 18.1. The normalized spacial score (nSPS) is 18.4. The number of nitrogens with zero attached hydrogens (tertiary/aromatic N) is 3. The van der Waals surface area contributed by atoms with Gasteiger partial charge in [-0.25, -0.2) is 13.8 Å². The quantitative estimate of drug-likeness (QED) is 0.804. The molecule has 0 N–H and O–H groups in total. The van der Waals surface area contributed by atoms with Crippen LogP contribution in [0, 0.1) is 6.92 Å². The first-order valence-corrected chi connectivity index (χ1v) is 6.57. The molecule has 0 spiro atoms. The zero-order valence-corrected chi connectivity index (χ0v) is 11.1. The molecule has 3 heterocycles. The molecule has 0 radical (unpaired) electrons. The summed E-state index contributed by atoms with van der Waals surface area (Å²) < 4.78 is 28.0. The lowest BCUT2D eigenvalue weighted by Crippen LogP contribution is -2.42. The number of pyridine rings is 1. The van der Waals surface area contributed by atoms with Crippen molar-refractivity contribution in [2.75, 3.05) is 13.1 Å². The Bertz CT molecular complexity index is 655. The predicted molar refractivity (Wildman–Crippen MR) is 70.0 cm³/mol. The lowest BCUT2D eigenvalue weighted by molar-refractivity contribution is -0.0494. The fourth-order valence-electron chi connectivity index (χ4n) is 2.46. The number of likely N-dealkylation sites (tertiary alicyclic amines) is 1. The molecule has 0 aliphatic carbocycles. The van der Waals surface area contributed by atoms with Gasteiger partial charge in [0.1, 0.15) is 5.65 Å². The average Bonchev–Trinajstić information content (AvgIpc) is 2.77. The topological polar surface area (TPSA) is 37.6 Å². The number of carbonyl (C=O) groups excluding carboxylic acids is 1. The van der Waals surface area contributed by atoms with Crippen LogP contribution in [0.3, 0.4) is 0 Å². The second-order valence-corrected chi connectivity index (χ2v) is 5.21. The Morgan fingerprint density at radius 1 is 1.25 bits per heavy atom. The molecule has 1 fully saturated rings. The van der Waals surface area contributed by atoms with Crippen molar-refractivity contribution in [2.45, 2.75) is 25.7 Å². The number of alkyl halides is 2. The molecule has 1 aliphatic rings. The van der Waals surface area contributed by atoms with Crippen LogP contribution in [0.15, 0.2) is 24.5 Å². The molecule has 4 nitrogen and oxygen atoms in total. The summed E-state index contributed by atoms with van der Waals surface area (Å²) in [5, 5.41) is 0. The average molecular weight is 279 g/mol. The molecule has 0 bridgehead atoms. The zero-order valence-electron chi connectivity index (χ0n) is 11.1. The molecule has 2 aromatic heterocycles. The molecule has 1 saturated heterocycles. The van der Waals surface area contributed by atoms with Crippen LogP contribution >= 0.6 is 0 Å². The van der Waals surface area contributed by atoms with E-state index >= 15 is 0 Å². The second-order valence-electron chi connectivity index (χ2n) is 5.21. The van der Waals surface area contributed by atoms with Gasteiger partial charge in [-0.1, -0.05) is 0 Å². The maximum Gasteiger partial charge on any atom is 0.255 e. The van der Waals surface area contributed by atoms with Gasteiger partial charge in [-0.05, 0) is 19.1 Å². The van der Waals surface area contributed by atoms with Gasteiger partial charge in [0.15, 0.2) is 0 Å². The Labute approximate surface area is 115 Å². The van der Waals surface area contributed by atoms with Crippen molar-refractivity contribution >= 4 is 11.6 Å². The van der Waals surface area contributed by atoms with Gasteiger partial charge in [-0.2, -0.15) is 0 Å². The van der Waals surface area contributed by atoms with Crippen molar-refractivity contribution in [3.8, 4) is 0 Å². The van der Waals surface area contributed by atoms with Crippen LogP contribution in [0.2, 0.25) is 0 Å². The van der Waals surface area contributed by atoms with E-state index < -0.39 is 5.92 Å². The van der Waals surface area contributed by atoms with E-state index in [9.17, 15) is 13.6 Å². The van der Waals surface area contributed by atoms with E-state index in [0.717, 1.165) is 11.3 Å². The number of hydrogen-bond donors (Lipinski definition) is 0. The number of piperidine rings is 1. The van der Waals surface area contributed by atoms with Crippen molar-refractivity contribution in [2.24, 2.45) is 0 Å². The van der Waals surface area contributed by atoms with Crippen LogP contribution in [0.5, 0.6) is 0 Å². The van der Waals surface area contributed by atoms with E-state index in [4.69, 9.17) is 0 Å². The third-order valence-corrected chi connectivity index (χ3v) is 3.60. The second kappa shape index (κ2) is 4.54. The molecule has 0 aromatic carbocycles. The number of rotatable bonds is 1. The van der Waals surface area contributed by atoms with E-state index in [2.05, 4.69) is 4.98 Å². The molecule has 0 atom stereocenters. The highest BCUT2D eigenvalue weighted by Crippen LogP contribution is 2.28. The van der Waals surface area contributed by atoms with Gasteiger partial charge in [0, 0.05) is 38.3 Å². The predicted octanol–water partition coefficient (Wildman–Crippen LogP) is 2.51. The van der Waals surface area contributed by atoms with E-state index in [0.29, 0.717) is 5.56 Å². The summed E-state index contributed by atoms with van der Waals surface area (Å²) in [5.74, 6) is -2.84. The maximum absolute atomic E-state index is 13.1. The lowest BCUT2D eigenvalue weighted by Gasteiger charge is -2.31. The van der Waals surface area contributed by atoms with Crippen molar-refractivity contribution in [3.05, 3.63) is 35.8 Å². The molecule has 106 valence electrons. The number of hydrogen-bond acceptors (Lipinski definition) is 2. The Morgan fingerprint density at radius 2 is 1.95 bits per heavy atom. The molecule has 0 saturated carbocycles. The summed E-state index contributed by atoms with van der Waals surface area (Å²) in [6.07, 6.45) is 3.01. The molecule has 20 heavy (non-hydrogen) atoms. The van der Waals surface area contributed by atoms with Crippen LogP contribution in [-0.2, 0) is 0 Å². The fourth-order valence-corrected chi connectivity index (χ4v) is 2.46. The van der Waals surface area contributed by atoms with Crippen molar-refractivity contribution in [3.63, 3.8) is 0 Å². The molecule has 0 unspecified atom stereocenters. The van der Waals surface area contributed by atoms with Crippen LogP contribution in [0.1, 0.15) is 28.9 Å². The number of fused-ring (bicyclic) bond motifs is 1. The Balaban J connectivity index is 1.82. The summed E-state index contributed by atoms with van der Waals surface area (Å²) in [5.41, 5.74) is 2.14. The monoisotopic (exact) mass is 279 g/mol. The SMILES string of the molecule is Cc1cn2cc(C(=O)N3CCC(F)(F)CC3)ccc2n1. The van der Waals surface area contributed by atoms with Gasteiger partial charge in [0.25, 0.3) is 11.8 Å². The standard InChI is InChI=1S/C14H15F2N3O/c1-10-8-19-9-11(2-3-12(19)17-10)13(20)18-6-4-14(15,16)5-7-18/h2-3,8-9H,4-7H2,1H3. The molecule has 1 aliphatic heterocycles. The molecule has 6 heteroatoms. The molecule has 1 amide bonds. The van der Waals surface area contributed by atoms with E-state index in [1.54, 1.807) is 22.7 Å². The number of imidazole rings is 1. The third kappa shape index (κ3) is 2.37. The van der Waals surface area contributed by atoms with Crippen LogP contribution in [0.4, 0.5) is 8.78 Å². The van der Waals surface area contributed by atoms with Crippen molar-refractivity contribution in [1.82, 2.24) is 14.3 Å². The van der Waals surface area contributed by atoms with Crippen LogP contribution < -0.4 is 0 Å². The summed E-state index contributed by atoms with van der Waals surface area (Å²) in [6, 6.07) is 3.45. The summed E-state index contributed by atoms with van der Waals surface area (Å²) in [6.45, 7) is 2.08. The highest BCUT2D eigenvalue weighted by Gasteiger charge is 2.35. The van der Waals surface area contributed by atoms with Gasteiger partial charge in [0.05, 0.1) is 11.3 Å². The first-order chi connectivity index (χ1) is 9.44. The van der Waals surface area contributed by atoms with E-state index in [1.165, 1.54) is 4.90 Å². The molecular formula is C14H15F2N3O. The maximum atomic E-state index is 13.1. The highest BCUT2D eigenvalue weighted by atomic mass is 19.3. The van der Waals surface area contributed by atoms with Crippen LogP contribution in [0.25, 0.3) is 5.65 Å². The molecular weight excluding hydrogens is 264 g/mol. The van der Waals surface area contributed by atoms with Crippen molar-refractivity contribution < 1.29 is 13.6 Å². The number of aryl methyl sites for hydroxylation is 1. The smallest absolute Gasteiger partial charge is 0.255 e. The number of aromatic nitrogens is 2. The minimum atomic E-state index is -2.64. The largest absolute Gasteiger partial charge is 0.338 e. The minimum absolute atomic E-state index is 0.104. The van der Waals surface area contributed by atoms with E-state index in [-0.39, 0.29) is 31.8 Å². The molecule has 2 aromatic rings. The zero-order chi connectivity index (χ0) is 14.3. The van der Waals surface area contributed by atoms with Crippen LogP contribution in [-0.4, -0.2) is 39.2 Å². The highest BCUT2D eigenvalue weighted by molar-refractivity contribution is 5.94. The lowest BCUT2D eigenvalue weighted by atomic mass is 10.1.